The Bertz CT molecular complexity index is 147. The van der Waals surface area contributed by atoms with E-state index in [2.05, 4.69) is 4.74 Å². The van der Waals surface area contributed by atoms with E-state index in [1.165, 1.54) is 0 Å². The monoisotopic (exact) mass is 154 g/mol. The molecule has 0 aromatic rings. The summed E-state index contributed by atoms with van der Waals surface area (Å²) >= 11 is 0. The van der Waals surface area contributed by atoms with Crippen molar-refractivity contribution in [1.29, 1.82) is 0 Å². The number of allylic oxidation sites excluding steroid dienone is 2. The Kier molecular flexibility index (Phi) is 2.92. The molecule has 0 atom stereocenters. The highest BCUT2D eigenvalue weighted by Gasteiger charge is 2.34. The molecule has 0 spiro atoms. The third-order valence-electron chi connectivity index (χ3n) is 0.719. The summed E-state index contributed by atoms with van der Waals surface area (Å²) in [6.07, 6.45) is -4.23. The lowest BCUT2D eigenvalue weighted by Gasteiger charge is -2.07. The Morgan fingerprint density at radius 1 is 1.50 bits per heavy atom. The summed E-state index contributed by atoms with van der Waals surface area (Å²) in [6, 6.07) is 0. The number of ether oxygens (including phenoxy) is 1. The average Bonchev–Trinajstić information content (AvgIpc) is 1.80. The van der Waals surface area contributed by atoms with Crippen molar-refractivity contribution in [3.05, 3.63) is 11.8 Å². The first kappa shape index (κ1) is 9.00. The van der Waals surface area contributed by atoms with Gasteiger partial charge in [0, 0.05) is 6.08 Å². The Morgan fingerprint density at radius 2 is 2.00 bits per heavy atom. The van der Waals surface area contributed by atoms with Crippen LogP contribution >= 0.6 is 0 Å². The van der Waals surface area contributed by atoms with Crippen molar-refractivity contribution >= 4 is 6.29 Å². The molecule has 0 heterocycles. The standard InChI is InChI=1S/C5H5F3O2/c1-10-4(2-3-9)5(6,7)8/h2-3H,1H3/b4-2+. The largest absolute Gasteiger partial charge is 0.492 e. The Hall–Kier alpha value is -1.00. The summed E-state index contributed by atoms with van der Waals surface area (Å²) in [7, 11) is 0.850. The van der Waals surface area contributed by atoms with E-state index in [4.69, 9.17) is 0 Å². The van der Waals surface area contributed by atoms with Crippen molar-refractivity contribution in [2.75, 3.05) is 7.11 Å². The maximum absolute atomic E-state index is 11.6. The number of methoxy groups -OCH3 is 1. The van der Waals surface area contributed by atoms with Crippen LogP contribution in [0.3, 0.4) is 0 Å². The third kappa shape index (κ3) is 2.52. The molecule has 10 heavy (non-hydrogen) atoms. The van der Waals surface area contributed by atoms with E-state index in [1.54, 1.807) is 0 Å². The summed E-state index contributed by atoms with van der Waals surface area (Å²) in [5, 5.41) is 0. The predicted octanol–water partition coefficient (Wildman–Crippen LogP) is 1.28. The Morgan fingerprint density at radius 3 is 2.10 bits per heavy atom. The van der Waals surface area contributed by atoms with Crippen LogP contribution in [0.5, 0.6) is 0 Å². The van der Waals surface area contributed by atoms with Crippen LogP contribution in [-0.4, -0.2) is 19.6 Å². The maximum Gasteiger partial charge on any atom is 0.449 e. The average molecular weight is 154 g/mol. The molecule has 0 fully saturated rings. The lowest BCUT2D eigenvalue weighted by atomic mass is 10.4. The number of hydrogen-bond donors (Lipinski definition) is 0. The molecule has 0 saturated carbocycles. The van der Waals surface area contributed by atoms with Crippen molar-refractivity contribution < 1.29 is 22.7 Å². The number of carbonyl (C=O) groups excluding carboxylic acids is 1. The van der Waals surface area contributed by atoms with Crippen LogP contribution in [-0.2, 0) is 9.53 Å². The molecule has 5 heteroatoms. The summed E-state index contributed by atoms with van der Waals surface area (Å²) < 4.78 is 38.5. The van der Waals surface area contributed by atoms with Crippen molar-refractivity contribution in [3.8, 4) is 0 Å². The smallest absolute Gasteiger partial charge is 0.449 e. The van der Waals surface area contributed by atoms with Gasteiger partial charge in [0.15, 0.2) is 0 Å². The highest BCUT2D eigenvalue weighted by molar-refractivity contribution is 5.65. The molecule has 0 aliphatic carbocycles. The fourth-order valence-corrected chi connectivity index (χ4v) is 0.340. The fourth-order valence-electron chi connectivity index (χ4n) is 0.340. The molecule has 58 valence electrons. The van der Waals surface area contributed by atoms with E-state index >= 15 is 0 Å². The topological polar surface area (TPSA) is 26.3 Å². The lowest BCUT2D eigenvalue weighted by Crippen LogP contribution is -2.13. The molecule has 0 rings (SSSR count). The van der Waals surface area contributed by atoms with Crippen LogP contribution in [0.2, 0.25) is 0 Å². The van der Waals surface area contributed by atoms with Crippen molar-refractivity contribution in [2.24, 2.45) is 0 Å². The normalized spacial score (nSPS) is 13.0. The van der Waals surface area contributed by atoms with Gasteiger partial charge >= 0.3 is 6.18 Å². The summed E-state index contributed by atoms with van der Waals surface area (Å²) in [5.74, 6) is -1.29. The van der Waals surface area contributed by atoms with Crippen LogP contribution < -0.4 is 0 Å². The van der Waals surface area contributed by atoms with Crippen molar-refractivity contribution in [3.63, 3.8) is 0 Å². The SMILES string of the molecule is CO/C(=C/C=O)C(F)(F)F. The molecule has 0 aromatic carbocycles. The first-order chi connectivity index (χ1) is 4.52. The first-order valence-corrected chi connectivity index (χ1v) is 2.29. The second kappa shape index (κ2) is 3.24. The minimum atomic E-state index is -4.57. The maximum atomic E-state index is 11.6. The van der Waals surface area contributed by atoms with Gasteiger partial charge in [-0.2, -0.15) is 13.2 Å². The molecule has 0 amide bonds. The molecule has 0 bridgehead atoms. The summed E-state index contributed by atoms with van der Waals surface area (Å²) in [6.45, 7) is 0. The molecule has 0 saturated heterocycles. The zero-order valence-corrected chi connectivity index (χ0v) is 5.11. The highest BCUT2D eigenvalue weighted by Crippen LogP contribution is 2.24. The number of hydrogen-bond acceptors (Lipinski definition) is 2. The van der Waals surface area contributed by atoms with E-state index in [1.807, 2.05) is 0 Å². The van der Waals surface area contributed by atoms with E-state index in [-0.39, 0.29) is 6.29 Å². The number of aldehydes is 1. The van der Waals surface area contributed by atoms with E-state index in [9.17, 15) is 18.0 Å². The second-order valence-electron chi connectivity index (χ2n) is 1.37. The van der Waals surface area contributed by atoms with Gasteiger partial charge in [0.05, 0.1) is 7.11 Å². The van der Waals surface area contributed by atoms with Gasteiger partial charge in [-0.05, 0) is 0 Å². The zero-order valence-electron chi connectivity index (χ0n) is 5.11. The molecule has 0 aromatic heterocycles. The van der Waals surface area contributed by atoms with Gasteiger partial charge in [0.25, 0.3) is 0 Å². The van der Waals surface area contributed by atoms with Crippen LogP contribution in [0.1, 0.15) is 0 Å². The molecular weight excluding hydrogens is 149 g/mol. The van der Waals surface area contributed by atoms with Crippen LogP contribution in [0.25, 0.3) is 0 Å². The molecule has 0 unspecified atom stereocenters. The number of halogens is 3. The molecule has 0 aliphatic heterocycles. The molecular formula is C5H5F3O2. The van der Waals surface area contributed by atoms with E-state index < -0.39 is 11.9 Å². The molecule has 0 aliphatic rings. The van der Waals surface area contributed by atoms with Crippen LogP contribution in [0.4, 0.5) is 13.2 Å². The highest BCUT2D eigenvalue weighted by atomic mass is 19.4. The van der Waals surface area contributed by atoms with Gasteiger partial charge in [-0.3, -0.25) is 4.79 Å². The summed E-state index contributed by atoms with van der Waals surface area (Å²) in [4.78, 5) is 9.56. The zero-order chi connectivity index (χ0) is 8.20. The summed E-state index contributed by atoms with van der Waals surface area (Å²) in [5.41, 5.74) is 0. The number of alkyl halides is 3. The van der Waals surface area contributed by atoms with Crippen LogP contribution in [0, 0.1) is 0 Å². The fraction of sp³-hybridized carbons (Fsp3) is 0.400. The number of rotatable bonds is 2. The predicted molar refractivity (Wildman–Crippen MR) is 27.2 cm³/mol. The minimum Gasteiger partial charge on any atom is -0.492 e. The molecule has 2 nitrogen and oxygen atoms in total. The Balaban J connectivity index is 4.35. The quantitative estimate of drug-likeness (QED) is 0.340. The van der Waals surface area contributed by atoms with Crippen molar-refractivity contribution in [1.82, 2.24) is 0 Å². The van der Waals surface area contributed by atoms with Crippen molar-refractivity contribution in [2.45, 2.75) is 6.18 Å². The van der Waals surface area contributed by atoms with Gasteiger partial charge in [-0.25, -0.2) is 0 Å². The Labute approximate surface area is 55.3 Å². The van der Waals surface area contributed by atoms with Crippen LogP contribution in [0.15, 0.2) is 11.8 Å². The minimum absolute atomic E-state index is 0.0202. The van der Waals surface area contributed by atoms with Gasteiger partial charge in [0.2, 0.25) is 5.76 Å². The lowest BCUT2D eigenvalue weighted by molar-refractivity contribution is -0.127. The van der Waals surface area contributed by atoms with Gasteiger partial charge in [-0.1, -0.05) is 0 Å². The van der Waals surface area contributed by atoms with E-state index in [0.29, 0.717) is 6.08 Å². The molecule has 0 radical (unpaired) electrons. The van der Waals surface area contributed by atoms with Gasteiger partial charge < -0.3 is 4.74 Å². The van der Waals surface area contributed by atoms with Gasteiger partial charge in [-0.15, -0.1) is 0 Å². The first-order valence-electron chi connectivity index (χ1n) is 2.29. The third-order valence-corrected chi connectivity index (χ3v) is 0.719. The van der Waals surface area contributed by atoms with Gasteiger partial charge in [0.1, 0.15) is 6.29 Å². The number of carbonyl (C=O) groups is 1. The van der Waals surface area contributed by atoms with E-state index in [0.717, 1.165) is 7.11 Å². The molecule has 0 N–H and O–H groups in total. The second-order valence-corrected chi connectivity index (χ2v) is 1.37.